The Kier molecular flexibility index (Phi) is 40.1. The third-order valence-corrected chi connectivity index (χ3v) is 5.01. The number of hydrogen-bond acceptors (Lipinski definition) is 2. The van der Waals surface area contributed by atoms with Crippen LogP contribution in [0, 0.1) is 46.5 Å². The Morgan fingerprint density at radius 1 is 0.634 bits per heavy atom. The minimum Gasteiger partial charge on any atom is -0.332 e. The van der Waals surface area contributed by atoms with E-state index in [-0.39, 0.29) is 18.6 Å². The van der Waals surface area contributed by atoms with Crippen LogP contribution in [0.5, 0.6) is 0 Å². The molecule has 3 aromatic rings. The standard InChI is InChI=1S/C11H20.2C7H9N.C7H8.3C2H6.V/c1-8(2)7-10(5)11(6)9(3)4;1-6-3-7(2)5-8-4-6;1-6-3-4-8-7(2)5-6;1-7-5-3-2-4-6-7;3*1-2;/h7H2,1-6H3;2*3-5H,1-2H3;2-6H,1H3;3*1-2H3;/q-2;;;;;;;+2. The van der Waals surface area contributed by atoms with Crippen molar-refractivity contribution in [1.82, 2.24) is 9.97 Å². The second-order valence-corrected chi connectivity index (χ2v) is 9.46. The Morgan fingerprint density at radius 3 is 1.34 bits per heavy atom. The molecule has 0 N–H and O–H groups in total. The molecule has 0 atom stereocenters. The fourth-order valence-electron chi connectivity index (χ4n) is 3.02. The van der Waals surface area contributed by atoms with Gasteiger partial charge in [-0.25, -0.2) is 23.5 Å². The maximum atomic E-state index is 4.04. The summed E-state index contributed by atoms with van der Waals surface area (Å²) in [6.07, 6.45) is 6.68. The summed E-state index contributed by atoms with van der Waals surface area (Å²) in [6, 6.07) is 16.4. The molecule has 0 aliphatic heterocycles. The van der Waals surface area contributed by atoms with Gasteiger partial charge in [-0.3, -0.25) is 9.97 Å². The van der Waals surface area contributed by atoms with Crippen LogP contribution in [0.25, 0.3) is 0 Å². The van der Waals surface area contributed by atoms with Crippen molar-refractivity contribution in [2.24, 2.45) is 0 Å². The molecule has 41 heavy (non-hydrogen) atoms. The molecule has 0 spiro atoms. The summed E-state index contributed by atoms with van der Waals surface area (Å²) < 4.78 is 0. The average Bonchev–Trinajstić information content (AvgIpc) is 2.92. The fraction of sp³-hybridized carbons (Fsp3) is 0.474. The quantitative estimate of drug-likeness (QED) is 0.280. The van der Waals surface area contributed by atoms with E-state index in [1.54, 1.807) is 0 Å². The summed E-state index contributed by atoms with van der Waals surface area (Å²) in [5.41, 5.74) is 9.11. The number of aryl methyl sites for hydroxylation is 5. The molecule has 0 aliphatic rings. The second-order valence-electron chi connectivity index (χ2n) is 9.46. The summed E-state index contributed by atoms with van der Waals surface area (Å²) in [6.45, 7) is 35.3. The van der Waals surface area contributed by atoms with Crippen LogP contribution >= 0.6 is 0 Å². The summed E-state index contributed by atoms with van der Waals surface area (Å²) in [5.74, 6) is 2.92. The Labute approximate surface area is 269 Å². The molecule has 0 saturated heterocycles. The van der Waals surface area contributed by atoms with Gasteiger partial charge in [0.1, 0.15) is 0 Å². The maximum absolute atomic E-state index is 4.04. The zero-order valence-electron chi connectivity index (χ0n) is 29.9. The number of hydrogen-bond donors (Lipinski definition) is 0. The Morgan fingerprint density at radius 2 is 1.10 bits per heavy atom. The van der Waals surface area contributed by atoms with E-state index in [1.165, 1.54) is 45.2 Å². The topological polar surface area (TPSA) is 25.8 Å². The van der Waals surface area contributed by atoms with Gasteiger partial charge < -0.3 is 5.92 Å². The van der Waals surface area contributed by atoms with E-state index < -0.39 is 0 Å². The fourth-order valence-corrected chi connectivity index (χ4v) is 3.02. The molecule has 1 radical (unpaired) electrons. The summed E-state index contributed by atoms with van der Waals surface area (Å²) in [4.78, 5) is 8.02. The van der Waals surface area contributed by atoms with Crippen LogP contribution in [0.4, 0.5) is 0 Å². The Bertz CT molecular complexity index is 883. The first-order valence-electron chi connectivity index (χ1n) is 15.0. The van der Waals surface area contributed by atoms with Gasteiger partial charge in [-0.15, -0.1) is 20.8 Å². The van der Waals surface area contributed by atoms with Gasteiger partial charge in [0.2, 0.25) is 0 Å². The van der Waals surface area contributed by atoms with E-state index in [0.717, 1.165) is 12.1 Å². The zero-order valence-corrected chi connectivity index (χ0v) is 31.3. The largest absolute Gasteiger partial charge is 2.00 e. The van der Waals surface area contributed by atoms with Crippen molar-refractivity contribution in [2.75, 3.05) is 0 Å². The number of benzene rings is 1. The van der Waals surface area contributed by atoms with Gasteiger partial charge >= 0.3 is 18.6 Å². The molecule has 0 bridgehead atoms. The van der Waals surface area contributed by atoms with Crippen molar-refractivity contribution >= 4 is 0 Å². The van der Waals surface area contributed by atoms with Crippen molar-refractivity contribution in [2.45, 2.75) is 124 Å². The molecule has 2 nitrogen and oxygen atoms in total. The smallest absolute Gasteiger partial charge is 0.332 e. The normalized spacial score (nSPS) is 9.12. The van der Waals surface area contributed by atoms with E-state index in [0.29, 0.717) is 0 Å². The first kappa shape index (κ1) is 48.4. The third-order valence-electron chi connectivity index (χ3n) is 5.01. The zero-order chi connectivity index (χ0) is 32.1. The van der Waals surface area contributed by atoms with Crippen LogP contribution in [-0.4, -0.2) is 9.97 Å². The van der Waals surface area contributed by atoms with Crippen molar-refractivity contribution in [1.29, 1.82) is 0 Å². The molecule has 2 aromatic heterocycles. The van der Waals surface area contributed by atoms with Crippen LogP contribution in [0.15, 0.2) is 78.3 Å². The van der Waals surface area contributed by atoms with E-state index in [9.17, 15) is 0 Å². The van der Waals surface area contributed by atoms with E-state index in [4.69, 9.17) is 0 Å². The van der Waals surface area contributed by atoms with Gasteiger partial charge in [-0.05, 0) is 63.4 Å². The van der Waals surface area contributed by atoms with Crippen LogP contribution in [0.3, 0.4) is 0 Å². The van der Waals surface area contributed by atoms with Gasteiger partial charge in [0.15, 0.2) is 0 Å². The maximum Gasteiger partial charge on any atom is 2.00 e. The number of allylic oxidation sites excluding steroid dienone is 2. The van der Waals surface area contributed by atoms with Gasteiger partial charge in [-0.1, -0.05) is 90.4 Å². The number of nitrogens with zero attached hydrogens (tertiary/aromatic N) is 2. The monoisotopic (exact) mass is 599 g/mol. The predicted molar refractivity (Wildman–Crippen MR) is 185 cm³/mol. The Hall–Kier alpha value is -2.29. The van der Waals surface area contributed by atoms with E-state index in [2.05, 4.69) is 89.6 Å². The molecule has 231 valence electrons. The number of aromatic nitrogens is 2. The molecular weight excluding hydrogens is 535 g/mol. The molecule has 0 fully saturated rings. The molecule has 3 heteroatoms. The van der Waals surface area contributed by atoms with Crippen LogP contribution < -0.4 is 0 Å². The van der Waals surface area contributed by atoms with E-state index >= 15 is 0 Å². The molecular formula is C38H64N2V. The SMILES string of the molecule is CC.CC.CC.CC(C[C-](C)C)=C(C)[C-](C)C.Cc1ccccc1.Cc1ccnc(C)c1.Cc1cncc(C)c1.[V+2]. The van der Waals surface area contributed by atoms with Gasteiger partial charge in [0.25, 0.3) is 0 Å². The van der Waals surface area contributed by atoms with Crippen LogP contribution in [0.1, 0.15) is 117 Å². The van der Waals surface area contributed by atoms with Crippen LogP contribution in [-0.2, 0) is 18.6 Å². The second kappa shape index (κ2) is 33.9. The first-order valence-corrected chi connectivity index (χ1v) is 15.0. The predicted octanol–water partition coefficient (Wildman–Crippen LogP) is 12.4. The third kappa shape index (κ3) is 33.8. The van der Waals surface area contributed by atoms with Crippen LogP contribution in [0.2, 0.25) is 0 Å². The molecule has 0 unspecified atom stereocenters. The number of pyridine rings is 2. The molecule has 1 aromatic carbocycles. The molecule has 0 saturated carbocycles. The van der Waals surface area contributed by atoms with Crippen molar-refractivity contribution in [3.8, 4) is 0 Å². The summed E-state index contributed by atoms with van der Waals surface area (Å²) >= 11 is 0. The molecule has 0 aliphatic carbocycles. The van der Waals surface area contributed by atoms with Crippen molar-refractivity contribution < 1.29 is 18.6 Å². The Balaban J connectivity index is -0.000000132. The molecule has 2 heterocycles. The van der Waals surface area contributed by atoms with E-state index in [1.807, 2.05) is 105 Å². The van der Waals surface area contributed by atoms with Crippen molar-refractivity contribution in [3.63, 3.8) is 0 Å². The number of rotatable bonds is 3. The molecule has 0 amide bonds. The van der Waals surface area contributed by atoms with Gasteiger partial charge in [0.05, 0.1) is 0 Å². The minimum absolute atomic E-state index is 0. The first-order chi connectivity index (χ1) is 18.9. The average molecular weight is 600 g/mol. The van der Waals surface area contributed by atoms with Gasteiger partial charge in [-0.2, -0.15) is 13.8 Å². The summed E-state index contributed by atoms with van der Waals surface area (Å²) in [7, 11) is 0. The van der Waals surface area contributed by atoms with Gasteiger partial charge in [0, 0.05) is 24.3 Å². The molecule has 3 rings (SSSR count). The summed E-state index contributed by atoms with van der Waals surface area (Å²) in [5, 5.41) is 0. The minimum atomic E-state index is 0. The van der Waals surface area contributed by atoms with Crippen molar-refractivity contribution in [3.05, 3.63) is 118 Å².